The van der Waals surface area contributed by atoms with E-state index in [1.54, 1.807) is 7.11 Å². The molecule has 1 aromatic carbocycles. The third kappa shape index (κ3) is 3.74. The molecule has 3 amide bonds. The third-order valence-electron chi connectivity index (χ3n) is 9.18. The molecule has 2 aliphatic carbocycles. The molecule has 2 heterocycles. The number of hydrogen-bond donors (Lipinski definition) is 1. The first-order valence-electron chi connectivity index (χ1n) is 13.5. The van der Waals surface area contributed by atoms with Gasteiger partial charge in [-0.2, -0.15) is 0 Å². The lowest BCUT2D eigenvalue weighted by molar-refractivity contribution is -0.139. The van der Waals surface area contributed by atoms with Crippen molar-refractivity contribution < 1.29 is 23.6 Å². The van der Waals surface area contributed by atoms with E-state index in [0.29, 0.717) is 0 Å². The first-order valence-corrected chi connectivity index (χ1v) is 13.5. The number of carbonyl (C=O) groups is 2. The fraction of sp³-hybridized carbons (Fsp3) is 0.714. The summed E-state index contributed by atoms with van der Waals surface area (Å²) in [6.45, 7) is 15.9. The molecule has 1 N–H and O–H groups in total. The summed E-state index contributed by atoms with van der Waals surface area (Å²) in [4.78, 5) is 28.7. The van der Waals surface area contributed by atoms with Crippen molar-refractivity contribution in [2.24, 2.45) is 5.41 Å². The molecule has 5 rings (SSSR count). The topological polar surface area (TPSA) is 77.1 Å². The fourth-order valence-corrected chi connectivity index (χ4v) is 6.50. The monoisotopic (exact) mass is 498 g/mol. The average Bonchev–Trinajstić information content (AvgIpc) is 3.34. The Balaban J connectivity index is 0.00000148. The molecule has 0 bridgehead atoms. The molecule has 1 saturated carbocycles. The lowest BCUT2D eigenvalue weighted by Gasteiger charge is -2.46. The zero-order valence-electron chi connectivity index (χ0n) is 23.5. The van der Waals surface area contributed by atoms with E-state index in [1.165, 1.54) is 4.90 Å². The maximum atomic E-state index is 14.2. The van der Waals surface area contributed by atoms with E-state index in [2.05, 4.69) is 23.5 Å². The minimum Gasteiger partial charge on any atom is -0.399 e. The molecule has 36 heavy (non-hydrogen) atoms. The van der Waals surface area contributed by atoms with Crippen molar-refractivity contribution >= 4 is 24.5 Å². The highest BCUT2D eigenvalue weighted by Gasteiger charge is 2.68. The molecule has 198 valence electrons. The van der Waals surface area contributed by atoms with Crippen LogP contribution in [0.3, 0.4) is 0 Å². The van der Waals surface area contributed by atoms with Gasteiger partial charge in [0.15, 0.2) is 5.54 Å². The number of benzene rings is 1. The SMILES string of the molecule is CC.COC1CCC2(CC1)Cc1ccc(B3OC(C)(C)C(C)(C)O3)cc1C21NC(=O)N(C(C)C)C1=O. The van der Waals surface area contributed by atoms with Crippen LogP contribution in [0.5, 0.6) is 0 Å². The molecule has 2 aliphatic heterocycles. The molecule has 1 atom stereocenters. The molecule has 0 aromatic heterocycles. The van der Waals surface area contributed by atoms with Gasteiger partial charge < -0.3 is 19.4 Å². The predicted octanol–water partition coefficient (Wildman–Crippen LogP) is 4.30. The second-order valence-electron chi connectivity index (χ2n) is 11.8. The Bertz CT molecular complexity index is 1010. The summed E-state index contributed by atoms with van der Waals surface area (Å²) in [5, 5.41) is 3.23. The van der Waals surface area contributed by atoms with Crippen molar-refractivity contribution in [2.45, 2.75) is 116 Å². The van der Waals surface area contributed by atoms with Crippen LogP contribution in [-0.2, 0) is 30.8 Å². The summed E-state index contributed by atoms with van der Waals surface area (Å²) < 4.78 is 18.3. The second kappa shape index (κ2) is 9.14. The molecule has 2 saturated heterocycles. The van der Waals surface area contributed by atoms with Gasteiger partial charge in [0, 0.05) is 18.6 Å². The van der Waals surface area contributed by atoms with Crippen molar-refractivity contribution in [2.75, 3.05) is 7.11 Å². The second-order valence-corrected chi connectivity index (χ2v) is 11.8. The first kappa shape index (κ1) is 27.1. The highest BCUT2D eigenvalue weighted by atomic mass is 16.7. The predicted molar refractivity (Wildman–Crippen MR) is 141 cm³/mol. The lowest BCUT2D eigenvalue weighted by atomic mass is 9.61. The molecule has 2 spiro atoms. The minimum atomic E-state index is -1.07. The molecule has 7 nitrogen and oxygen atoms in total. The fourth-order valence-electron chi connectivity index (χ4n) is 6.50. The summed E-state index contributed by atoms with van der Waals surface area (Å²) in [6.07, 6.45) is 4.36. The maximum Gasteiger partial charge on any atom is 0.494 e. The van der Waals surface area contributed by atoms with Crippen molar-refractivity contribution in [3.05, 3.63) is 29.3 Å². The minimum absolute atomic E-state index is 0.131. The third-order valence-corrected chi connectivity index (χ3v) is 9.18. The molecular weight excluding hydrogens is 455 g/mol. The van der Waals surface area contributed by atoms with Crippen LogP contribution in [0.2, 0.25) is 0 Å². The van der Waals surface area contributed by atoms with Gasteiger partial charge in [-0.05, 0) is 90.2 Å². The van der Waals surface area contributed by atoms with Gasteiger partial charge in [-0.3, -0.25) is 9.69 Å². The Labute approximate surface area is 216 Å². The van der Waals surface area contributed by atoms with Crippen LogP contribution in [0.1, 0.15) is 92.2 Å². The van der Waals surface area contributed by atoms with Crippen LogP contribution >= 0.6 is 0 Å². The average molecular weight is 498 g/mol. The molecule has 1 unspecified atom stereocenters. The zero-order chi connectivity index (χ0) is 26.7. The molecule has 0 radical (unpaired) electrons. The summed E-state index contributed by atoms with van der Waals surface area (Å²) >= 11 is 0. The summed E-state index contributed by atoms with van der Waals surface area (Å²) in [6, 6.07) is 5.69. The van der Waals surface area contributed by atoms with Crippen LogP contribution in [0.15, 0.2) is 18.2 Å². The van der Waals surface area contributed by atoms with Gasteiger partial charge in [0.25, 0.3) is 5.91 Å². The number of rotatable bonds is 3. The number of fused-ring (bicyclic) bond motifs is 3. The van der Waals surface area contributed by atoms with Crippen molar-refractivity contribution in [3.8, 4) is 0 Å². The van der Waals surface area contributed by atoms with Crippen LogP contribution in [0.25, 0.3) is 0 Å². The van der Waals surface area contributed by atoms with Crippen molar-refractivity contribution in [1.29, 1.82) is 0 Å². The van der Waals surface area contributed by atoms with Crippen molar-refractivity contribution in [3.63, 3.8) is 0 Å². The van der Waals surface area contributed by atoms with E-state index in [4.69, 9.17) is 14.0 Å². The van der Waals surface area contributed by atoms with E-state index < -0.39 is 23.9 Å². The maximum absolute atomic E-state index is 14.2. The Morgan fingerprint density at radius 3 is 2.14 bits per heavy atom. The largest absolute Gasteiger partial charge is 0.494 e. The highest BCUT2D eigenvalue weighted by molar-refractivity contribution is 6.62. The number of imide groups is 1. The van der Waals surface area contributed by atoms with Crippen LogP contribution in [-0.4, -0.2) is 54.4 Å². The summed E-state index contributed by atoms with van der Waals surface area (Å²) in [7, 11) is 1.23. The zero-order valence-corrected chi connectivity index (χ0v) is 23.5. The van der Waals surface area contributed by atoms with Gasteiger partial charge in [-0.25, -0.2) is 4.79 Å². The van der Waals surface area contributed by atoms with Gasteiger partial charge in [-0.15, -0.1) is 0 Å². The number of methoxy groups -OCH3 is 1. The molecular formula is C28H43BN2O5. The molecule has 8 heteroatoms. The molecule has 3 fully saturated rings. The van der Waals surface area contributed by atoms with E-state index in [1.807, 2.05) is 55.4 Å². The standard InChI is InChI=1S/C26H37BN2O5.C2H6/c1-16(2)29-21(30)26(28-22(29)31)20-14-18(27-33-23(3,4)24(5,6)34-27)9-8-17(20)15-25(26)12-10-19(32-7)11-13-25;1-2/h8-9,14,16,19H,10-13,15H2,1-7H3,(H,28,31);1-2H3. The smallest absolute Gasteiger partial charge is 0.399 e. The van der Waals surface area contributed by atoms with E-state index >= 15 is 0 Å². The summed E-state index contributed by atoms with van der Waals surface area (Å²) in [5.74, 6) is -0.131. The Morgan fingerprint density at radius 1 is 1.06 bits per heavy atom. The Hall–Kier alpha value is -1.90. The van der Waals surface area contributed by atoms with Gasteiger partial charge >= 0.3 is 13.1 Å². The van der Waals surface area contributed by atoms with Gasteiger partial charge in [0.2, 0.25) is 0 Å². The number of urea groups is 1. The quantitative estimate of drug-likeness (QED) is 0.497. The normalized spacial score (nSPS) is 32.2. The van der Waals surface area contributed by atoms with Gasteiger partial charge in [-0.1, -0.05) is 32.0 Å². The molecule has 1 aromatic rings. The number of nitrogens with zero attached hydrogens (tertiary/aromatic N) is 1. The summed E-state index contributed by atoms with van der Waals surface area (Å²) in [5.41, 5.74) is 0.550. The first-order chi connectivity index (χ1) is 16.9. The van der Waals surface area contributed by atoms with Gasteiger partial charge in [0.05, 0.1) is 17.3 Å². The van der Waals surface area contributed by atoms with Gasteiger partial charge in [0.1, 0.15) is 0 Å². The number of hydrogen-bond acceptors (Lipinski definition) is 5. The number of amides is 3. The van der Waals surface area contributed by atoms with Crippen molar-refractivity contribution in [1.82, 2.24) is 10.2 Å². The van der Waals surface area contributed by atoms with E-state index in [9.17, 15) is 9.59 Å². The Morgan fingerprint density at radius 2 is 1.64 bits per heavy atom. The number of ether oxygens (including phenoxy) is 1. The van der Waals surface area contributed by atoms with Crippen LogP contribution < -0.4 is 10.8 Å². The van der Waals surface area contributed by atoms with Crippen LogP contribution in [0.4, 0.5) is 4.79 Å². The Kier molecular flexibility index (Phi) is 6.89. The van der Waals surface area contributed by atoms with E-state index in [-0.39, 0.29) is 29.5 Å². The molecule has 4 aliphatic rings. The number of carbonyl (C=O) groups excluding carboxylic acids is 2. The lowest BCUT2D eigenvalue weighted by Crippen LogP contribution is -2.57. The highest BCUT2D eigenvalue weighted by Crippen LogP contribution is 2.60. The van der Waals surface area contributed by atoms with E-state index in [0.717, 1.165) is 48.7 Å². The number of nitrogens with one attached hydrogen (secondary N) is 1. The van der Waals surface area contributed by atoms with Crippen LogP contribution in [0, 0.1) is 5.41 Å².